The van der Waals surface area contributed by atoms with Gasteiger partial charge in [0.05, 0.1) is 19.8 Å². The summed E-state index contributed by atoms with van der Waals surface area (Å²) in [6, 6.07) is 3.77. The molecule has 0 spiro atoms. The molecule has 0 unspecified atom stereocenters. The second-order valence-electron chi connectivity index (χ2n) is 4.82. The highest BCUT2D eigenvalue weighted by Gasteiger charge is 2.50. The fourth-order valence-corrected chi connectivity index (χ4v) is 2.52. The Labute approximate surface area is 111 Å². The molecule has 0 bridgehead atoms. The van der Waals surface area contributed by atoms with Crippen molar-refractivity contribution in [1.29, 1.82) is 0 Å². The van der Waals surface area contributed by atoms with Gasteiger partial charge in [0.1, 0.15) is 5.41 Å². The van der Waals surface area contributed by atoms with Crippen molar-refractivity contribution in [3.63, 3.8) is 0 Å². The van der Waals surface area contributed by atoms with Crippen LogP contribution in [0.4, 0.5) is 0 Å². The maximum atomic E-state index is 12.2. The van der Waals surface area contributed by atoms with E-state index in [1.54, 1.807) is 6.92 Å². The molecule has 2 aliphatic heterocycles. The van der Waals surface area contributed by atoms with Crippen LogP contribution in [-0.2, 0) is 19.7 Å². The van der Waals surface area contributed by atoms with E-state index < -0.39 is 5.41 Å². The molecule has 2 aliphatic rings. The SMILES string of the molecule is CCOC(=O)C1(c2cc3c(cc2C)OCO3)COC1. The molecule has 1 aromatic carbocycles. The minimum absolute atomic E-state index is 0.223. The lowest BCUT2D eigenvalue weighted by Gasteiger charge is -2.40. The van der Waals surface area contributed by atoms with Gasteiger partial charge in [0.25, 0.3) is 0 Å². The van der Waals surface area contributed by atoms with Gasteiger partial charge in [-0.2, -0.15) is 0 Å². The van der Waals surface area contributed by atoms with E-state index in [0.717, 1.165) is 16.9 Å². The third kappa shape index (κ3) is 1.76. The molecule has 0 N–H and O–H groups in total. The minimum Gasteiger partial charge on any atom is -0.465 e. The van der Waals surface area contributed by atoms with Gasteiger partial charge < -0.3 is 18.9 Å². The smallest absolute Gasteiger partial charge is 0.321 e. The molecule has 1 saturated heterocycles. The zero-order valence-electron chi connectivity index (χ0n) is 11.0. The predicted octanol–water partition coefficient (Wildman–Crippen LogP) is 1.55. The Morgan fingerprint density at radius 2 is 2.00 bits per heavy atom. The standard InChI is InChI=1S/C14H16O5/c1-3-17-13(15)14(6-16-7-14)10-5-12-11(4-9(10)2)18-8-19-12/h4-5H,3,6-8H2,1-2H3. The van der Waals surface area contributed by atoms with Gasteiger partial charge in [-0.15, -0.1) is 0 Å². The van der Waals surface area contributed by atoms with E-state index in [9.17, 15) is 4.79 Å². The van der Waals surface area contributed by atoms with Crippen LogP contribution in [0.2, 0.25) is 0 Å². The number of fused-ring (bicyclic) bond motifs is 1. The van der Waals surface area contributed by atoms with Gasteiger partial charge in [0, 0.05) is 0 Å². The molecule has 3 rings (SSSR count). The van der Waals surface area contributed by atoms with Crippen LogP contribution in [0.5, 0.6) is 11.5 Å². The van der Waals surface area contributed by atoms with Gasteiger partial charge in [-0.3, -0.25) is 4.79 Å². The number of rotatable bonds is 3. The average molecular weight is 264 g/mol. The van der Waals surface area contributed by atoms with E-state index in [0.29, 0.717) is 25.6 Å². The number of carbonyl (C=O) groups is 1. The van der Waals surface area contributed by atoms with Crippen molar-refractivity contribution in [2.24, 2.45) is 0 Å². The Balaban J connectivity index is 2.02. The molecule has 0 aromatic heterocycles. The van der Waals surface area contributed by atoms with Crippen LogP contribution < -0.4 is 9.47 Å². The number of esters is 1. The highest BCUT2D eigenvalue weighted by molar-refractivity contribution is 5.85. The van der Waals surface area contributed by atoms with E-state index in [-0.39, 0.29) is 12.8 Å². The van der Waals surface area contributed by atoms with Gasteiger partial charge in [-0.05, 0) is 37.1 Å². The summed E-state index contributed by atoms with van der Waals surface area (Å²) in [5.41, 5.74) is 1.20. The zero-order valence-corrected chi connectivity index (χ0v) is 11.0. The predicted molar refractivity (Wildman–Crippen MR) is 66.4 cm³/mol. The van der Waals surface area contributed by atoms with E-state index in [1.807, 2.05) is 19.1 Å². The van der Waals surface area contributed by atoms with Crippen molar-refractivity contribution in [3.05, 3.63) is 23.3 Å². The summed E-state index contributed by atoms with van der Waals surface area (Å²) in [5, 5.41) is 0. The molecule has 0 radical (unpaired) electrons. The van der Waals surface area contributed by atoms with Crippen LogP contribution in [0.3, 0.4) is 0 Å². The van der Waals surface area contributed by atoms with Gasteiger partial charge >= 0.3 is 5.97 Å². The van der Waals surface area contributed by atoms with Crippen molar-refractivity contribution < 1.29 is 23.7 Å². The zero-order chi connectivity index (χ0) is 13.5. The van der Waals surface area contributed by atoms with Crippen LogP contribution in [-0.4, -0.2) is 32.6 Å². The van der Waals surface area contributed by atoms with Crippen LogP contribution >= 0.6 is 0 Å². The number of ether oxygens (including phenoxy) is 4. The van der Waals surface area contributed by atoms with Crippen LogP contribution in [0.1, 0.15) is 18.1 Å². The van der Waals surface area contributed by atoms with Crippen molar-refractivity contribution in [2.75, 3.05) is 26.6 Å². The Morgan fingerprint density at radius 3 is 2.58 bits per heavy atom. The molecule has 2 heterocycles. The Morgan fingerprint density at radius 1 is 1.32 bits per heavy atom. The fraction of sp³-hybridized carbons (Fsp3) is 0.500. The average Bonchev–Trinajstić information content (AvgIpc) is 2.75. The fourth-order valence-electron chi connectivity index (χ4n) is 2.52. The van der Waals surface area contributed by atoms with Crippen molar-refractivity contribution >= 4 is 5.97 Å². The number of benzene rings is 1. The third-order valence-corrected chi connectivity index (χ3v) is 3.60. The monoisotopic (exact) mass is 264 g/mol. The first-order chi connectivity index (χ1) is 9.17. The van der Waals surface area contributed by atoms with Crippen LogP contribution in [0.15, 0.2) is 12.1 Å². The Bertz CT molecular complexity index is 519. The summed E-state index contributed by atoms with van der Waals surface area (Å²) in [6.45, 7) is 5.05. The lowest BCUT2D eigenvalue weighted by Crippen LogP contribution is -2.54. The number of hydrogen-bond acceptors (Lipinski definition) is 5. The topological polar surface area (TPSA) is 54.0 Å². The summed E-state index contributed by atoms with van der Waals surface area (Å²) in [6.07, 6.45) is 0. The molecule has 0 amide bonds. The molecule has 1 fully saturated rings. The summed E-state index contributed by atoms with van der Waals surface area (Å²) in [5.74, 6) is 1.17. The lowest BCUT2D eigenvalue weighted by molar-refractivity contribution is -0.169. The molecule has 102 valence electrons. The summed E-state index contributed by atoms with van der Waals surface area (Å²) in [7, 11) is 0. The summed E-state index contributed by atoms with van der Waals surface area (Å²) < 4.78 is 21.2. The van der Waals surface area contributed by atoms with Crippen molar-refractivity contribution in [1.82, 2.24) is 0 Å². The first kappa shape index (κ1) is 12.3. The Kier molecular flexibility index (Phi) is 2.86. The normalized spacial score (nSPS) is 18.8. The van der Waals surface area contributed by atoms with Crippen molar-refractivity contribution in [3.8, 4) is 11.5 Å². The molecule has 1 aromatic rings. The number of aryl methyl sites for hydroxylation is 1. The molecule has 5 nitrogen and oxygen atoms in total. The molecule has 0 atom stereocenters. The number of hydrogen-bond donors (Lipinski definition) is 0. The highest BCUT2D eigenvalue weighted by Crippen LogP contribution is 2.42. The quantitative estimate of drug-likeness (QED) is 0.775. The van der Waals surface area contributed by atoms with Gasteiger partial charge in [0.15, 0.2) is 11.5 Å². The highest BCUT2D eigenvalue weighted by atomic mass is 16.7. The molecule has 0 saturated carbocycles. The van der Waals surface area contributed by atoms with Gasteiger partial charge in [0.2, 0.25) is 6.79 Å². The second kappa shape index (κ2) is 4.42. The van der Waals surface area contributed by atoms with Crippen LogP contribution in [0.25, 0.3) is 0 Å². The van der Waals surface area contributed by atoms with E-state index in [1.165, 1.54) is 0 Å². The minimum atomic E-state index is -0.693. The molecular weight excluding hydrogens is 248 g/mol. The molecular formula is C14H16O5. The van der Waals surface area contributed by atoms with E-state index in [4.69, 9.17) is 18.9 Å². The largest absolute Gasteiger partial charge is 0.465 e. The molecule has 5 heteroatoms. The lowest BCUT2D eigenvalue weighted by atomic mass is 9.76. The first-order valence-electron chi connectivity index (χ1n) is 6.33. The second-order valence-corrected chi connectivity index (χ2v) is 4.82. The van der Waals surface area contributed by atoms with Gasteiger partial charge in [-0.1, -0.05) is 0 Å². The maximum absolute atomic E-state index is 12.2. The maximum Gasteiger partial charge on any atom is 0.321 e. The van der Waals surface area contributed by atoms with Crippen molar-refractivity contribution in [2.45, 2.75) is 19.3 Å². The van der Waals surface area contributed by atoms with Crippen LogP contribution in [0, 0.1) is 6.92 Å². The third-order valence-electron chi connectivity index (χ3n) is 3.60. The van der Waals surface area contributed by atoms with E-state index in [2.05, 4.69) is 0 Å². The molecule has 19 heavy (non-hydrogen) atoms. The number of carbonyl (C=O) groups excluding carboxylic acids is 1. The first-order valence-corrected chi connectivity index (χ1v) is 6.33. The Hall–Kier alpha value is -1.75. The van der Waals surface area contributed by atoms with E-state index >= 15 is 0 Å². The molecule has 0 aliphatic carbocycles. The van der Waals surface area contributed by atoms with Gasteiger partial charge in [-0.25, -0.2) is 0 Å². The summed E-state index contributed by atoms with van der Waals surface area (Å²) in [4.78, 5) is 12.2. The summed E-state index contributed by atoms with van der Waals surface area (Å²) >= 11 is 0.